The first kappa shape index (κ1) is 60.3. The van der Waals surface area contributed by atoms with Gasteiger partial charge in [-0.05, 0) is 132 Å². The van der Waals surface area contributed by atoms with Crippen LogP contribution in [0.3, 0.4) is 0 Å². The summed E-state index contributed by atoms with van der Waals surface area (Å²) < 4.78 is 53.8. The molecule has 0 aromatic carbocycles. The maximum Gasteiger partial charge on any atom is 0.217 e. The second kappa shape index (κ2) is 15.9. The van der Waals surface area contributed by atoms with Gasteiger partial charge in [-0.1, -0.05) is 13.8 Å². The fourth-order valence-corrected chi connectivity index (χ4v) is 12.3. The molecule has 21 heteroatoms. The lowest BCUT2D eigenvalue weighted by Gasteiger charge is -2.74. The maximum atomic E-state index is 13.6. The number of carbonyl (C=O) groups excluding carboxylic acids is 1. The third-order valence-corrected chi connectivity index (χ3v) is 21.0. The van der Waals surface area contributed by atoms with Gasteiger partial charge in [-0.15, -0.1) is 0 Å². The lowest BCUT2D eigenvalue weighted by Crippen LogP contribution is -2.94. The highest BCUT2D eigenvalue weighted by atomic mass is 16.8. The number of ether oxygens (including phenoxy) is 8. The SMILES string of the molecule is COC1(C)OC(C)(CO)C(C)(OC2(C)OC(C)(CO)C(C)(OC3(C)OC(C)(CO)C(C)(OC4(C)OC(C)(CO)C(C)(C)C(C)(O)C4(C)N)C(C)(O)C3(C)N)C(C)(O)C2(C)NC(C)=O)C(C)(O)C1(C)N. The van der Waals surface area contributed by atoms with E-state index in [1.807, 2.05) is 0 Å². The van der Waals surface area contributed by atoms with Crippen LogP contribution in [-0.4, -0.2) is 187 Å². The highest BCUT2D eigenvalue weighted by molar-refractivity contribution is 5.74. The minimum Gasteiger partial charge on any atom is -0.393 e. The van der Waals surface area contributed by atoms with Gasteiger partial charge in [0.2, 0.25) is 5.91 Å². The summed E-state index contributed by atoms with van der Waals surface area (Å²) in [4.78, 5) is 13.5. The molecule has 4 saturated heterocycles. The van der Waals surface area contributed by atoms with Crippen LogP contribution >= 0.6 is 0 Å². The third kappa shape index (κ3) is 6.67. The van der Waals surface area contributed by atoms with Crippen molar-refractivity contribution in [3.8, 4) is 0 Å². The highest BCUT2D eigenvalue weighted by Crippen LogP contribution is 2.65. The first-order valence-corrected chi connectivity index (χ1v) is 23.6. The first-order chi connectivity index (χ1) is 30.2. The Bertz CT molecular complexity index is 2020. The summed E-state index contributed by atoms with van der Waals surface area (Å²) in [7, 11) is 1.33. The standard InChI is InChI=1S/C48H92N4O17/c1-28(57)52-37(11)41(15,61)44(18,33(7,27-56)66-48(37,22)69-43(17)31(5,25-54)64-45(19,62-23)35(9,50)39(43,13)59)68-47(21)36(10,51)40(14,60)42(16,32(6,26-55)65-47)67-46(20)34(8,49)38(12,58)29(2,3)30(4,24-53)63-46/h53-56,58-61H,24-27,49-51H2,1-23H3,(H,52,57). The third-order valence-electron chi connectivity index (χ3n) is 21.0. The van der Waals surface area contributed by atoms with E-state index in [0.717, 1.165) is 0 Å². The molecule has 21 nitrogen and oxygen atoms in total. The molecule has 1 amide bonds. The normalized spacial score (nSPS) is 58.9. The van der Waals surface area contributed by atoms with Crippen LogP contribution in [0.2, 0.25) is 0 Å². The van der Waals surface area contributed by atoms with Crippen LogP contribution in [0.4, 0.5) is 0 Å². The van der Waals surface area contributed by atoms with E-state index in [4.69, 9.17) is 55.1 Å². The van der Waals surface area contributed by atoms with Gasteiger partial charge < -0.3 is 101 Å². The lowest BCUT2D eigenvalue weighted by molar-refractivity contribution is -0.521. The number of rotatable bonds is 12. The molecule has 4 rings (SSSR count). The van der Waals surface area contributed by atoms with Crippen molar-refractivity contribution < 1.29 is 83.5 Å². The van der Waals surface area contributed by atoms with Crippen LogP contribution in [-0.2, 0) is 42.7 Å². The van der Waals surface area contributed by atoms with Crippen molar-refractivity contribution in [1.82, 2.24) is 5.32 Å². The molecule has 0 aliphatic carbocycles. The van der Waals surface area contributed by atoms with Crippen molar-refractivity contribution in [2.24, 2.45) is 22.6 Å². The number of nitrogens with one attached hydrogen (secondary N) is 1. The van der Waals surface area contributed by atoms with Crippen LogP contribution in [0.15, 0.2) is 0 Å². The molecule has 0 aromatic rings. The Morgan fingerprint density at radius 3 is 1.01 bits per heavy atom. The van der Waals surface area contributed by atoms with E-state index >= 15 is 0 Å². The van der Waals surface area contributed by atoms with Crippen molar-refractivity contribution in [3.63, 3.8) is 0 Å². The lowest BCUT2D eigenvalue weighted by atomic mass is 9.54. The molecular formula is C48H92N4O17. The summed E-state index contributed by atoms with van der Waals surface area (Å²) in [6, 6.07) is 0. The van der Waals surface area contributed by atoms with E-state index in [2.05, 4.69) is 5.32 Å². The Kier molecular flexibility index (Phi) is 13.9. The number of hydrogen-bond donors (Lipinski definition) is 12. The Labute approximate surface area is 409 Å². The molecule has 4 aliphatic rings. The van der Waals surface area contributed by atoms with Crippen LogP contribution in [0.5, 0.6) is 0 Å². The maximum absolute atomic E-state index is 13.6. The number of methoxy groups -OCH3 is 1. The van der Waals surface area contributed by atoms with Gasteiger partial charge >= 0.3 is 0 Å². The molecule has 69 heavy (non-hydrogen) atoms. The van der Waals surface area contributed by atoms with Gasteiger partial charge in [0.25, 0.3) is 0 Å². The van der Waals surface area contributed by atoms with Crippen molar-refractivity contribution in [2.75, 3.05) is 33.5 Å². The van der Waals surface area contributed by atoms with E-state index in [-0.39, 0.29) is 0 Å². The average molecular weight is 997 g/mol. The summed E-state index contributed by atoms with van der Waals surface area (Å²) in [5.41, 5.74) is -11.3. The number of aliphatic hydroxyl groups is 8. The Morgan fingerprint density at radius 1 is 0.435 bits per heavy atom. The van der Waals surface area contributed by atoms with Gasteiger partial charge in [-0.3, -0.25) is 4.79 Å². The minimum atomic E-state index is -2.53. The molecular weight excluding hydrogens is 905 g/mol. The molecule has 19 unspecified atom stereocenters. The van der Waals surface area contributed by atoms with E-state index in [0.29, 0.717) is 0 Å². The number of amides is 1. The molecule has 0 saturated carbocycles. The minimum absolute atomic E-state index is 0.592. The molecule has 0 radical (unpaired) electrons. The zero-order valence-corrected chi connectivity index (χ0v) is 45.8. The molecule has 4 heterocycles. The first-order valence-electron chi connectivity index (χ1n) is 23.6. The molecule has 406 valence electrons. The van der Waals surface area contributed by atoms with Crippen LogP contribution in [0, 0.1) is 5.41 Å². The quantitative estimate of drug-likeness (QED) is 0.123. The van der Waals surface area contributed by atoms with Crippen molar-refractivity contribution in [3.05, 3.63) is 0 Å². The number of carbonyl (C=O) groups is 1. The van der Waals surface area contributed by atoms with E-state index < -0.39 is 145 Å². The van der Waals surface area contributed by atoms with Crippen LogP contribution in [0.25, 0.3) is 0 Å². The molecule has 0 bridgehead atoms. The molecule has 0 aromatic heterocycles. The molecule has 15 N–H and O–H groups in total. The fourth-order valence-electron chi connectivity index (χ4n) is 12.3. The summed E-state index contributed by atoms with van der Waals surface area (Å²) >= 11 is 0. The predicted octanol–water partition coefficient (Wildman–Crippen LogP) is 0.0255. The summed E-state index contributed by atoms with van der Waals surface area (Å²) in [6.45, 7) is 28.3. The number of hydrogen-bond acceptors (Lipinski definition) is 20. The molecule has 4 fully saturated rings. The predicted molar refractivity (Wildman–Crippen MR) is 252 cm³/mol. The summed E-state index contributed by atoms with van der Waals surface area (Å²) in [5, 5.41) is 99.9. The van der Waals surface area contributed by atoms with Crippen molar-refractivity contribution in [1.29, 1.82) is 0 Å². The van der Waals surface area contributed by atoms with E-state index in [1.165, 1.54) is 139 Å². The number of nitrogens with two attached hydrogens (primary N) is 3. The van der Waals surface area contributed by atoms with Gasteiger partial charge in [0.1, 0.15) is 55.9 Å². The fraction of sp³-hybridized carbons (Fsp3) is 0.979. The summed E-state index contributed by atoms with van der Waals surface area (Å²) in [5.74, 6) is -9.27. The summed E-state index contributed by atoms with van der Waals surface area (Å²) in [6.07, 6.45) is 0. The van der Waals surface area contributed by atoms with Gasteiger partial charge in [-0.2, -0.15) is 0 Å². The molecule has 19 atom stereocenters. The van der Waals surface area contributed by atoms with Gasteiger partial charge in [0.05, 0.1) is 54.2 Å². The monoisotopic (exact) mass is 997 g/mol. The zero-order chi connectivity index (χ0) is 54.8. The van der Waals surface area contributed by atoms with Crippen LogP contribution in [0.1, 0.15) is 152 Å². The number of aliphatic hydroxyl groups excluding tert-OH is 4. The van der Waals surface area contributed by atoms with Crippen molar-refractivity contribution in [2.45, 2.75) is 259 Å². The molecule has 4 aliphatic heterocycles. The Balaban J connectivity index is 2.00. The smallest absolute Gasteiger partial charge is 0.217 e. The zero-order valence-electron chi connectivity index (χ0n) is 45.8. The Hall–Kier alpha value is -1.29. The van der Waals surface area contributed by atoms with Crippen molar-refractivity contribution >= 4 is 5.91 Å². The Morgan fingerprint density at radius 2 is 0.696 bits per heavy atom. The average Bonchev–Trinajstić information content (AvgIpc) is 3.20. The van der Waals surface area contributed by atoms with E-state index in [9.17, 15) is 45.6 Å². The second-order valence-corrected chi connectivity index (χ2v) is 24.7. The topological polar surface area (TPSA) is 343 Å². The molecule has 0 spiro atoms. The second-order valence-electron chi connectivity index (χ2n) is 24.7. The van der Waals surface area contributed by atoms with Crippen LogP contribution < -0.4 is 22.5 Å². The largest absolute Gasteiger partial charge is 0.393 e. The van der Waals surface area contributed by atoms with E-state index in [1.54, 1.807) is 20.8 Å². The van der Waals surface area contributed by atoms with Gasteiger partial charge in [0.15, 0.2) is 23.1 Å². The van der Waals surface area contributed by atoms with Gasteiger partial charge in [0, 0.05) is 19.4 Å². The highest BCUT2D eigenvalue weighted by Gasteiger charge is 2.85. The van der Waals surface area contributed by atoms with Gasteiger partial charge in [-0.25, -0.2) is 0 Å².